The predicted molar refractivity (Wildman–Crippen MR) is 142 cm³/mol. The van der Waals surface area contributed by atoms with Crippen LogP contribution in [0, 0.1) is 19.8 Å². The summed E-state index contributed by atoms with van der Waals surface area (Å²) < 4.78 is 12.3. The fourth-order valence-corrected chi connectivity index (χ4v) is 5.70. The molecule has 3 aromatic rings. The lowest BCUT2D eigenvalue weighted by atomic mass is 9.78. The van der Waals surface area contributed by atoms with Crippen LogP contribution >= 0.6 is 23.8 Å². The molecule has 2 aliphatic rings. The highest BCUT2D eigenvalue weighted by atomic mass is 35.5. The normalized spacial score (nSPS) is 22.5. The van der Waals surface area contributed by atoms with Crippen LogP contribution in [0.2, 0.25) is 5.02 Å². The Morgan fingerprint density at radius 3 is 2.66 bits per heavy atom. The van der Waals surface area contributed by atoms with Gasteiger partial charge >= 0.3 is 0 Å². The number of para-hydroxylation sites is 1. The summed E-state index contributed by atoms with van der Waals surface area (Å²) in [7, 11) is 1.60. The number of carbonyl (C=O) groups excluding carboxylic acids is 1. The molecule has 2 aliphatic heterocycles. The zero-order valence-corrected chi connectivity index (χ0v) is 21.5. The molecule has 1 amide bonds. The number of halogens is 1. The molecule has 8 heteroatoms. The lowest BCUT2D eigenvalue weighted by Gasteiger charge is -2.56. The fraction of sp³-hybridized carbons (Fsp3) is 0.259. The van der Waals surface area contributed by atoms with Crippen LogP contribution in [0.15, 0.2) is 60.7 Å². The number of thiocarbonyl (C=S) groups is 1. The van der Waals surface area contributed by atoms with Gasteiger partial charge in [-0.25, -0.2) is 0 Å². The molecule has 2 N–H and O–H groups in total. The minimum atomic E-state index is -1.16. The van der Waals surface area contributed by atoms with Gasteiger partial charge in [-0.2, -0.15) is 0 Å². The van der Waals surface area contributed by atoms with Crippen LogP contribution in [0.3, 0.4) is 0 Å². The summed E-state index contributed by atoms with van der Waals surface area (Å²) in [5.41, 5.74) is 3.25. The van der Waals surface area contributed by atoms with Crippen LogP contribution in [0.5, 0.6) is 11.5 Å². The van der Waals surface area contributed by atoms with Crippen LogP contribution < -0.4 is 25.0 Å². The molecule has 0 radical (unpaired) electrons. The molecule has 2 heterocycles. The van der Waals surface area contributed by atoms with Crippen LogP contribution in [0.4, 0.5) is 11.4 Å². The number of hydrogen-bond acceptors (Lipinski definition) is 4. The number of fused-ring (bicyclic) bond motifs is 4. The number of anilines is 2. The quantitative estimate of drug-likeness (QED) is 0.437. The number of amides is 1. The average Bonchev–Trinajstić information content (AvgIpc) is 2.80. The van der Waals surface area contributed by atoms with Crippen molar-refractivity contribution < 1.29 is 14.3 Å². The maximum absolute atomic E-state index is 14.0. The summed E-state index contributed by atoms with van der Waals surface area (Å²) in [6.07, 6.45) is 0. The summed E-state index contributed by atoms with van der Waals surface area (Å²) >= 11 is 12.1. The number of hydrogen-bond donors (Lipinski definition) is 2. The van der Waals surface area contributed by atoms with Gasteiger partial charge in [0.25, 0.3) is 0 Å². The molecule has 0 saturated carbocycles. The Kier molecular flexibility index (Phi) is 5.85. The molecule has 5 rings (SSSR count). The summed E-state index contributed by atoms with van der Waals surface area (Å²) in [6.45, 7) is 5.89. The van der Waals surface area contributed by atoms with Crippen molar-refractivity contribution in [3.8, 4) is 11.5 Å². The van der Waals surface area contributed by atoms with Crippen molar-refractivity contribution >= 4 is 46.2 Å². The Hall–Kier alpha value is -3.29. The van der Waals surface area contributed by atoms with Crippen LogP contribution in [-0.2, 0) is 4.79 Å². The summed E-state index contributed by atoms with van der Waals surface area (Å²) in [6, 6.07) is 18.5. The Labute approximate surface area is 215 Å². The zero-order valence-electron chi connectivity index (χ0n) is 19.9. The van der Waals surface area contributed by atoms with Gasteiger partial charge in [-0.05, 0) is 68.9 Å². The lowest BCUT2D eigenvalue weighted by molar-refractivity contribution is -0.130. The van der Waals surface area contributed by atoms with E-state index in [0.29, 0.717) is 21.6 Å². The van der Waals surface area contributed by atoms with E-state index in [-0.39, 0.29) is 5.91 Å². The van der Waals surface area contributed by atoms with Crippen molar-refractivity contribution in [3.05, 3.63) is 82.4 Å². The van der Waals surface area contributed by atoms with E-state index in [0.717, 1.165) is 28.1 Å². The van der Waals surface area contributed by atoms with Crippen molar-refractivity contribution in [1.82, 2.24) is 5.32 Å². The Balaban J connectivity index is 1.65. The number of methoxy groups -OCH3 is 1. The third-order valence-electron chi connectivity index (χ3n) is 6.70. The third-order valence-corrected chi connectivity index (χ3v) is 7.23. The van der Waals surface area contributed by atoms with Crippen molar-refractivity contribution in [1.29, 1.82) is 0 Å². The summed E-state index contributed by atoms with van der Waals surface area (Å²) in [5.74, 6) is 0.334. The molecule has 35 heavy (non-hydrogen) atoms. The molecular formula is C27H26ClN3O3S. The van der Waals surface area contributed by atoms with E-state index in [4.69, 9.17) is 33.3 Å². The Morgan fingerprint density at radius 1 is 1.17 bits per heavy atom. The number of carbonyl (C=O) groups is 1. The minimum Gasteiger partial charge on any atom is -0.493 e. The first-order valence-corrected chi connectivity index (χ1v) is 12.1. The van der Waals surface area contributed by atoms with Gasteiger partial charge in [-0.15, -0.1) is 0 Å². The van der Waals surface area contributed by atoms with Crippen molar-refractivity contribution in [2.45, 2.75) is 32.5 Å². The van der Waals surface area contributed by atoms with E-state index in [2.05, 4.69) is 10.6 Å². The second kappa shape index (κ2) is 8.73. The molecular weight excluding hydrogens is 482 g/mol. The molecule has 1 fully saturated rings. The Morgan fingerprint density at radius 2 is 1.94 bits per heavy atom. The minimum absolute atomic E-state index is 0.181. The van der Waals surface area contributed by atoms with E-state index in [1.807, 2.05) is 74.2 Å². The van der Waals surface area contributed by atoms with Gasteiger partial charge in [0.2, 0.25) is 5.91 Å². The van der Waals surface area contributed by atoms with Crippen LogP contribution in [0.25, 0.3) is 0 Å². The second-order valence-corrected chi connectivity index (χ2v) is 9.89. The van der Waals surface area contributed by atoms with Crippen molar-refractivity contribution in [2.75, 3.05) is 17.3 Å². The second-order valence-electron chi connectivity index (χ2n) is 9.06. The first kappa shape index (κ1) is 23.5. The number of benzene rings is 3. The van der Waals surface area contributed by atoms with Crippen molar-refractivity contribution in [3.63, 3.8) is 0 Å². The highest BCUT2D eigenvalue weighted by molar-refractivity contribution is 7.80. The lowest BCUT2D eigenvalue weighted by Crippen LogP contribution is -2.72. The van der Waals surface area contributed by atoms with Crippen LogP contribution in [0.1, 0.15) is 29.7 Å². The SMILES string of the molecule is COc1cccc2c1O[C@]1(C)[C@H](C(=O)Nc3ccc(C)cc3C)[C@@H]2NC(=S)N1c1cccc(Cl)c1. The number of nitrogens with one attached hydrogen (secondary N) is 2. The van der Waals surface area contributed by atoms with E-state index in [1.54, 1.807) is 19.2 Å². The van der Waals surface area contributed by atoms with Gasteiger partial charge < -0.3 is 20.1 Å². The van der Waals surface area contributed by atoms with E-state index in [9.17, 15) is 4.79 Å². The molecule has 180 valence electrons. The summed E-state index contributed by atoms with van der Waals surface area (Å²) in [5, 5.41) is 7.54. The van der Waals surface area contributed by atoms with Gasteiger partial charge in [0.1, 0.15) is 5.92 Å². The van der Waals surface area contributed by atoms with Gasteiger partial charge in [0.05, 0.1) is 13.2 Å². The maximum Gasteiger partial charge on any atom is 0.236 e. The first-order valence-electron chi connectivity index (χ1n) is 11.3. The largest absolute Gasteiger partial charge is 0.493 e. The van der Waals surface area contributed by atoms with Gasteiger partial charge in [0.15, 0.2) is 22.3 Å². The molecule has 0 unspecified atom stereocenters. The maximum atomic E-state index is 14.0. The average molecular weight is 508 g/mol. The molecule has 6 nitrogen and oxygen atoms in total. The van der Waals surface area contributed by atoms with Gasteiger partial charge in [-0.1, -0.05) is 47.5 Å². The number of nitrogens with zero attached hydrogens (tertiary/aromatic N) is 1. The van der Waals surface area contributed by atoms with E-state index in [1.165, 1.54) is 0 Å². The highest BCUT2D eigenvalue weighted by Gasteiger charge is 2.59. The molecule has 1 saturated heterocycles. The monoisotopic (exact) mass is 507 g/mol. The Bertz CT molecular complexity index is 1350. The third kappa shape index (κ3) is 3.89. The predicted octanol–water partition coefficient (Wildman–Crippen LogP) is 5.76. The van der Waals surface area contributed by atoms with Crippen LogP contribution in [-0.4, -0.2) is 23.9 Å². The highest BCUT2D eigenvalue weighted by Crippen LogP contribution is 2.52. The molecule has 2 bridgehead atoms. The number of aryl methyl sites for hydroxylation is 2. The first-order chi connectivity index (χ1) is 16.7. The molecule has 0 aromatic heterocycles. The topological polar surface area (TPSA) is 62.8 Å². The fourth-order valence-electron chi connectivity index (χ4n) is 5.10. The molecule has 0 spiro atoms. The standard InChI is InChI=1S/C27H26ClN3O3S/c1-15-11-12-20(16(2)13-15)29-25(32)22-23-19-9-6-10-21(33-4)24(19)34-27(22,3)31(26(35)30-23)18-8-5-7-17(28)14-18/h5-14,22-23H,1-4H3,(H,29,32)(H,30,35)/t22-,23+,27+/m0/s1. The molecule has 3 aromatic carbocycles. The van der Waals surface area contributed by atoms with Gasteiger partial charge in [-0.3, -0.25) is 9.69 Å². The van der Waals surface area contributed by atoms with E-state index < -0.39 is 17.7 Å². The number of ether oxygens (including phenoxy) is 2. The van der Waals surface area contributed by atoms with Crippen molar-refractivity contribution in [2.24, 2.45) is 5.92 Å². The number of rotatable bonds is 4. The molecule has 0 aliphatic carbocycles. The van der Waals surface area contributed by atoms with Gasteiger partial charge in [0, 0.05) is 22.0 Å². The van der Waals surface area contributed by atoms with E-state index >= 15 is 0 Å². The summed E-state index contributed by atoms with van der Waals surface area (Å²) in [4.78, 5) is 15.8. The smallest absolute Gasteiger partial charge is 0.236 e. The molecule has 3 atom stereocenters. The zero-order chi connectivity index (χ0) is 24.9.